The van der Waals surface area contributed by atoms with Crippen molar-refractivity contribution in [3.63, 3.8) is 0 Å². The number of nitrogens with zero attached hydrogens (tertiary/aromatic N) is 5. The highest BCUT2D eigenvalue weighted by Crippen LogP contribution is 2.35. The third-order valence-electron chi connectivity index (χ3n) is 7.18. The summed E-state index contributed by atoms with van der Waals surface area (Å²) in [5.74, 6) is -0.191. The molecular weight excluding hydrogens is 430 g/mol. The van der Waals surface area contributed by atoms with E-state index >= 15 is 0 Å². The van der Waals surface area contributed by atoms with Crippen LogP contribution in [-0.4, -0.2) is 72.1 Å². The molecular formula is C26H31N5O3. The van der Waals surface area contributed by atoms with Gasteiger partial charge in [0, 0.05) is 30.8 Å². The average molecular weight is 462 g/mol. The van der Waals surface area contributed by atoms with Crippen molar-refractivity contribution < 1.29 is 14.7 Å². The van der Waals surface area contributed by atoms with E-state index in [9.17, 15) is 14.7 Å². The van der Waals surface area contributed by atoms with Crippen LogP contribution in [0.1, 0.15) is 74.6 Å². The van der Waals surface area contributed by atoms with Crippen molar-refractivity contribution in [2.75, 3.05) is 19.6 Å². The number of fused-ring (bicyclic) bond motifs is 1. The molecule has 3 aliphatic rings. The van der Waals surface area contributed by atoms with Crippen LogP contribution in [0.4, 0.5) is 0 Å². The number of piperazine rings is 1. The second-order valence-corrected chi connectivity index (χ2v) is 10.5. The van der Waals surface area contributed by atoms with Crippen LogP contribution in [0.5, 0.6) is 0 Å². The number of allylic oxidation sites excluding steroid dienone is 3. The highest BCUT2D eigenvalue weighted by atomic mass is 16.3. The molecule has 0 unspecified atom stereocenters. The molecule has 0 atom stereocenters. The minimum Gasteiger partial charge on any atom is -0.380 e. The number of hydrogen-bond acceptors (Lipinski definition) is 5. The minimum atomic E-state index is -1.22. The van der Waals surface area contributed by atoms with Crippen molar-refractivity contribution in [1.82, 2.24) is 24.4 Å². The Morgan fingerprint density at radius 2 is 1.97 bits per heavy atom. The standard InChI is InChI=1S/C26H31N5O3/c1-17(2)19-14-20(18-8-5-6-9-18)28-31-15-21(27-22(19)31)23(32)30-13-12-29(16-25(30,3)4)24(33)26(34)10-7-11-26/h5-6,8,14-15,17,34H,7,10-13,16H2,1-4H3. The summed E-state index contributed by atoms with van der Waals surface area (Å²) < 4.78 is 1.69. The number of imidazole rings is 1. The predicted molar refractivity (Wildman–Crippen MR) is 128 cm³/mol. The molecule has 3 heterocycles. The summed E-state index contributed by atoms with van der Waals surface area (Å²) in [5.41, 5.74) is 5.09. The molecule has 8 heteroatoms. The van der Waals surface area contributed by atoms with E-state index in [0.29, 0.717) is 43.8 Å². The SMILES string of the molecule is CC(C)c1cc(C2=C=CC=C2)nn2cc(C(=O)N3CCN(C(=O)C4(O)CCC4)CC3(C)C)nc12. The molecule has 0 radical (unpaired) electrons. The topological polar surface area (TPSA) is 91.0 Å². The van der Waals surface area contributed by atoms with Gasteiger partial charge in [-0.25, -0.2) is 9.50 Å². The second-order valence-electron chi connectivity index (χ2n) is 10.5. The molecule has 5 rings (SSSR count). The number of carbonyl (C=O) groups excluding carboxylic acids is 2. The maximum Gasteiger partial charge on any atom is 0.274 e. The van der Waals surface area contributed by atoms with Gasteiger partial charge in [-0.2, -0.15) is 5.10 Å². The first kappa shape index (κ1) is 22.6. The van der Waals surface area contributed by atoms with Gasteiger partial charge < -0.3 is 14.9 Å². The van der Waals surface area contributed by atoms with Gasteiger partial charge >= 0.3 is 0 Å². The molecule has 1 saturated carbocycles. The summed E-state index contributed by atoms with van der Waals surface area (Å²) >= 11 is 0. The van der Waals surface area contributed by atoms with Crippen molar-refractivity contribution in [3.8, 4) is 0 Å². The smallest absolute Gasteiger partial charge is 0.274 e. The number of rotatable bonds is 4. The first-order valence-electron chi connectivity index (χ1n) is 12.0. The lowest BCUT2D eigenvalue weighted by atomic mass is 9.78. The van der Waals surface area contributed by atoms with Crippen LogP contribution in [0.3, 0.4) is 0 Å². The molecule has 2 aromatic heterocycles. The monoisotopic (exact) mass is 461 g/mol. The fourth-order valence-electron chi connectivity index (χ4n) is 5.01. The molecule has 1 saturated heterocycles. The third kappa shape index (κ3) is 3.67. The Morgan fingerprint density at radius 3 is 2.56 bits per heavy atom. The lowest BCUT2D eigenvalue weighted by Crippen LogP contribution is -2.65. The summed E-state index contributed by atoms with van der Waals surface area (Å²) in [4.78, 5) is 34.6. The van der Waals surface area contributed by atoms with E-state index in [1.165, 1.54) is 0 Å². The Bertz CT molecular complexity index is 1270. The van der Waals surface area contributed by atoms with Crippen LogP contribution in [0.25, 0.3) is 11.2 Å². The van der Waals surface area contributed by atoms with Crippen LogP contribution in [0.2, 0.25) is 0 Å². The van der Waals surface area contributed by atoms with E-state index in [4.69, 9.17) is 10.1 Å². The molecule has 0 aromatic carbocycles. The van der Waals surface area contributed by atoms with E-state index in [1.807, 2.05) is 38.1 Å². The Morgan fingerprint density at radius 1 is 1.21 bits per heavy atom. The van der Waals surface area contributed by atoms with Gasteiger partial charge in [0.25, 0.3) is 11.8 Å². The lowest BCUT2D eigenvalue weighted by molar-refractivity contribution is -0.164. The Balaban J connectivity index is 1.43. The van der Waals surface area contributed by atoms with Crippen LogP contribution in [0.15, 0.2) is 36.2 Å². The van der Waals surface area contributed by atoms with Gasteiger partial charge in [0.2, 0.25) is 0 Å². The molecule has 1 N–H and O–H groups in total. The second kappa shape index (κ2) is 7.93. The number of aliphatic hydroxyl groups is 1. The molecule has 1 aliphatic heterocycles. The fraction of sp³-hybridized carbons (Fsp3) is 0.500. The normalized spacial score (nSPS) is 20.7. The van der Waals surface area contributed by atoms with Crippen LogP contribution < -0.4 is 0 Å². The maximum atomic E-state index is 13.6. The molecule has 2 fully saturated rings. The summed E-state index contributed by atoms with van der Waals surface area (Å²) in [5, 5.41) is 15.2. The number of carbonyl (C=O) groups is 2. The van der Waals surface area contributed by atoms with E-state index in [2.05, 4.69) is 19.6 Å². The summed E-state index contributed by atoms with van der Waals surface area (Å²) in [6.07, 6.45) is 9.34. The van der Waals surface area contributed by atoms with E-state index in [-0.39, 0.29) is 17.7 Å². The molecule has 2 aliphatic carbocycles. The lowest BCUT2D eigenvalue weighted by Gasteiger charge is -2.49. The maximum absolute atomic E-state index is 13.6. The molecule has 0 bridgehead atoms. The largest absolute Gasteiger partial charge is 0.380 e. The molecule has 0 spiro atoms. The molecule has 2 aromatic rings. The van der Waals surface area contributed by atoms with Crippen molar-refractivity contribution in [2.45, 2.75) is 64.0 Å². The van der Waals surface area contributed by atoms with E-state index in [0.717, 1.165) is 23.3 Å². The van der Waals surface area contributed by atoms with Gasteiger partial charge in [0.05, 0.1) is 17.4 Å². The molecule has 8 nitrogen and oxygen atoms in total. The number of amides is 2. The van der Waals surface area contributed by atoms with Crippen molar-refractivity contribution in [1.29, 1.82) is 0 Å². The summed E-state index contributed by atoms with van der Waals surface area (Å²) in [6.45, 7) is 9.26. The fourth-order valence-corrected chi connectivity index (χ4v) is 5.01. The Hall–Kier alpha value is -3.22. The van der Waals surface area contributed by atoms with Gasteiger partial charge in [-0.15, -0.1) is 5.73 Å². The van der Waals surface area contributed by atoms with Crippen molar-refractivity contribution in [2.24, 2.45) is 0 Å². The van der Waals surface area contributed by atoms with Gasteiger partial charge in [0.15, 0.2) is 5.65 Å². The molecule has 178 valence electrons. The average Bonchev–Trinajstić information content (AvgIpc) is 3.44. The first-order chi connectivity index (χ1) is 16.1. The van der Waals surface area contributed by atoms with Crippen LogP contribution in [0, 0.1) is 0 Å². The zero-order valence-electron chi connectivity index (χ0n) is 20.2. The van der Waals surface area contributed by atoms with Crippen LogP contribution in [-0.2, 0) is 4.79 Å². The number of hydrogen-bond donors (Lipinski definition) is 1. The molecule has 34 heavy (non-hydrogen) atoms. The summed E-state index contributed by atoms with van der Waals surface area (Å²) in [6, 6.07) is 2.02. The van der Waals surface area contributed by atoms with Gasteiger partial charge in [0.1, 0.15) is 11.3 Å². The zero-order chi connectivity index (χ0) is 24.3. The summed E-state index contributed by atoms with van der Waals surface area (Å²) in [7, 11) is 0. The minimum absolute atomic E-state index is 0.180. The van der Waals surface area contributed by atoms with Crippen LogP contribution >= 0.6 is 0 Å². The highest BCUT2D eigenvalue weighted by molar-refractivity contribution is 5.94. The Labute approximate surface area is 199 Å². The first-order valence-corrected chi connectivity index (χ1v) is 12.0. The van der Waals surface area contributed by atoms with Gasteiger partial charge in [-0.1, -0.05) is 19.9 Å². The van der Waals surface area contributed by atoms with Crippen molar-refractivity contribution >= 4 is 23.0 Å². The number of aromatic nitrogens is 3. The third-order valence-corrected chi connectivity index (χ3v) is 7.18. The predicted octanol–water partition coefficient (Wildman–Crippen LogP) is 2.94. The quantitative estimate of drug-likeness (QED) is 0.707. The highest BCUT2D eigenvalue weighted by Gasteiger charge is 2.48. The zero-order valence-corrected chi connectivity index (χ0v) is 20.2. The van der Waals surface area contributed by atoms with E-state index < -0.39 is 11.1 Å². The van der Waals surface area contributed by atoms with Crippen molar-refractivity contribution in [3.05, 3.63) is 53.2 Å². The van der Waals surface area contributed by atoms with Gasteiger partial charge in [-0.3, -0.25) is 9.59 Å². The van der Waals surface area contributed by atoms with E-state index in [1.54, 1.807) is 20.5 Å². The Kier molecular flexibility index (Phi) is 5.26. The molecule has 2 amide bonds. The van der Waals surface area contributed by atoms with Gasteiger partial charge in [-0.05, 0) is 57.2 Å².